The molecule has 0 spiro atoms. The second kappa shape index (κ2) is 7.31. The highest BCUT2D eigenvalue weighted by Gasteiger charge is 2.36. The molecule has 0 aromatic heterocycles. The van der Waals surface area contributed by atoms with E-state index in [0.29, 0.717) is 11.9 Å². The van der Waals surface area contributed by atoms with Crippen LogP contribution < -0.4 is 5.73 Å². The van der Waals surface area contributed by atoms with E-state index in [1.54, 1.807) is 0 Å². The van der Waals surface area contributed by atoms with Crippen molar-refractivity contribution in [3.8, 4) is 0 Å². The molecule has 1 aliphatic heterocycles. The average Bonchev–Trinajstić information content (AvgIpc) is 3.17. The number of nitrogens with two attached hydrogens (primary N) is 1. The SMILES string of the molecule is CC1CCC(N(CC2CCCO2)C(=O)C2CCC(N)C2)CC1. The predicted molar refractivity (Wildman–Crippen MR) is 87.4 cm³/mol. The Morgan fingerprint density at radius 2 is 1.91 bits per heavy atom. The molecule has 0 radical (unpaired) electrons. The lowest BCUT2D eigenvalue weighted by molar-refractivity contribution is -0.140. The lowest BCUT2D eigenvalue weighted by Crippen LogP contribution is -2.48. The van der Waals surface area contributed by atoms with Crippen LogP contribution in [0, 0.1) is 11.8 Å². The predicted octanol–water partition coefficient (Wildman–Crippen LogP) is 2.70. The molecule has 2 aliphatic carbocycles. The Morgan fingerprint density at radius 1 is 1.14 bits per heavy atom. The van der Waals surface area contributed by atoms with Crippen LogP contribution in [0.25, 0.3) is 0 Å². The Balaban J connectivity index is 1.65. The van der Waals surface area contributed by atoms with E-state index in [1.807, 2.05) is 0 Å². The summed E-state index contributed by atoms with van der Waals surface area (Å²) in [6, 6.07) is 0.662. The Morgan fingerprint density at radius 3 is 2.50 bits per heavy atom. The van der Waals surface area contributed by atoms with Gasteiger partial charge in [0, 0.05) is 31.2 Å². The van der Waals surface area contributed by atoms with Crippen molar-refractivity contribution in [3.05, 3.63) is 0 Å². The third kappa shape index (κ3) is 3.83. The fourth-order valence-electron chi connectivity index (χ4n) is 4.46. The first kappa shape index (κ1) is 16.3. The van der Waals surface area contributed by atoms with Crippen LogP contribution in [-0.2, 0) is 9.53 Å². The highest BCUT2D eigenvalue weighted by atomic mass is 16.5. The molecule has 1 heterocycles. The highest BCUT2D eigenvalue weighted by Crippen LogP contribution is 2.32. The summed E-state index contributed by atoms with van der Waals surface area (Å²) in [5, 5.41) is 0. The van der Waals surface area contributed by atoms with Crippen molar-refractivity contribution in [3.63, 3.8) is 0 Å². The number of nitrogens with zero attached hydrogens (tertiary/aromatic N) is 1. The normalized spacial score (nSPS) is 39.1. The van der Waals surface area contributed by atoms with Crippen molar-refractivity contribution in [2.75, 3.05) is 13.2 Å². The summed E-state index contributed by atoms with van der Waals surface area (Å²) in [5.74, 6) is 1.34. The van der Waals surface area contributed by atoms with Gasteiger partial charge in [-0.25, -0.2) is 0 Å². The van der Waals surface area contributed by atoms with E-state index in [2.05, 4.69) is 11.8 Å². The van der Waals surface area contributed by atoms with Gasteiger partial charge in [0.15, 0.2) is 0 Å². The molecular formula is C18H32N2O2. The van der Waals surface area contributed by atoms with Gasteiger partial charge in [-0.05, 0) is 63.7 Å². The van der Waals surface area contributed by atoms with Crippen molar-refractivity contribution in [1.82, 2.24) is 4.90 Å². The second-order valence-corrected chi connectivity index (χ2v) is 7.81. The first-order chi connectivity index (χ1) is 10.6. The molecule has 0 aromatic carbocycles. The van der Waals surface area contributed by atoms with Gasteiger partial charge in [-0.1, -0.05) is 6.92 Å². The number of carbonyl (C=O) groups excluding carboxylic acids is 1. The standard InChI is InChI=1S/C18H32N2O2/c1-13-4-8-16(9-5-13)20(12-17-3-2-10-22-17)18(21)14-6-7-15(19)11-14/h13-17H,2-12,19H2,1H3. The lowest BCUT2D eigenvalue weighted by Gasteiger charge is -2.38. The molecule has 4 heteroatoms. The quantitative estimate of drug-likeness (QED) is 0.869. The molecule has 3 fully saturated rings. The third-order valence-corrected chi connectivity index (χ3v) is 5.96. The van der Waals surface area contributed by atoms with Crippen molar-refractivity contribution in [2.45, 2.75) is 82.9 Å². The van der Waals surface area contributed by atoms with Gasteiger partial charge in [0.25, 0.3) is 0 Å². The van der Waals surface area contributed by atoms with Crippen LogP contribution in [0.5, 0.6) is 0 Å². The molecular weight excluding hydrogens is 276 g/mol. The first-order valence-electron chi connectivity index (χ1n) is 9.31. The van der Waals surface area contributed by atoms with E-state index in [9.17, 15) is 4.79 Å². The van der Waals surface area contributed by atoms with Gasteiger partial charge in [0.05, 0.1) is 6.10 Å². The summed E-state index contributed by atoms with van der Waals surface area (Å²) in [7, 11) is 0. The van der Waals surface area contributed by atoms with Gasteiger partial charge >= 0.3 is 0 Å². The van der Waals surface area contributed by atoms with Crippen LogP contribution in [0.2, 0.25) is 0 Å². The Kier molecular flexibility index (Phi) is 5.40. The van der Waals surface area contributed by atoms with E-state index in [1.165, 1.54) is 25.7 Å². The molecule has 126 valence electrons. The van der Waals surface area contributed by atoms with E-state index < -0.39 is 0 Å². The molecule has 3 unspecified atom stereocenters. The largest absolute Gasteiger partial charge is 0.376 e. The van der Waals surface area contributed by atoms with E-state index in [4.69, 9.17) is 10.5 Å². The van der Waals surface area contributed by atoms with Crippen LogP contribution >= 0.6 is 0 Å². The Bertz CT molecular complexity index is 373. The number of amides is 1. The fraction of sp³-hybridized carbons (Fsp3) is 0.944. The van der Waals surface area contributed by atoms with Gasteiger partial charge in [-0.15, -0.1) is 0 Å². The Labute approximate surface area is 134 Å². The fourth-order valence-corrected chi connectivity index (χ4v) is 4.46. The van der Waals surface area contributed by atoms with E-state index in [0.717, 1.165) is 51.2 Å². The molecule has 22 heavy (non-hydrogen) atoms. The van der Waals surface area contributed by atoms with Crippen LogP contribution in [0.4, 0.5) is 0 Å². The molecule has 3 atom stereocenters. The number of hydrogen-bond acceptors (Lipinski definition) is 3. The minimum absolute atomic E-state index is 0.163. The zero-order chi connectivity index (χ0) is 15.5. The molecule has 4 nitrogen and oxygen atoms in total. The number of hydrogen-bond donors (Lipinski definition) is 1. The van der Waals surface area contributed by atoms with Crippen molar-refractivity contribution in [2.24, 2.45) is 17.6 Å². The van der Waals surface area contributed by atoms with Crippen LogP contribution in [0.15, 0.2) is 0 Å². The van der Waals surface area contributed by atoms with Crippen molar-refractivity contribution < 1.29 is 9.53 Å². The van der Waals surface area contributed by atoms with Gasteiger partial charge in [-0.2, -0.15) is 0 Å². The van der Waals surface area contributed by atoms with Gasteiger partial charge < -0.3 is 15.4 Å². The third-order valence-electron chi connectivity index (χ3n) is 5.96. The summed E-state index contributed by atoms with van der Waals surface area (Å²) in [4.78, 5) is 15.3. The number of rotatable bonds is 4. The van der Waals surface area contributed by atoms with Crippen LogP contribution in [0.1, 0.15) is 64.7 Å². The summed E-state index contributed by atoms with van der Waals surface area (Å²) in [6.45, 7) is 4.00. The van der Waals surface area contributed by atoms with E-state index >= 15 is 0 Å². The number of carbonyl (C=O) groups is 1. The van der Waals surface area contributed by atoms with Crippen LogP contribution in [-0.4, -0.2) is 42.1 Å². The van der Waals surface area contributed by atoms with Crippen LogP contribution in [0.3, 0.4) is 0 Å². The first-order valence-corrected chi connectivity index (χ1v) is 9.31. The molecule has 1 saturated heterocycles. The molecule has 3 aliphatic rings. The monoisotopic (exact) mass is 308 g/mol. The van der Waals surface area contributed by atoms with E-state index in [-0.39, 0.29) is 18.1 Å². The van der Waals surface area contributed by atoms with Gasteiger partial charge in [0.2, 0.25) is 5.91 Å². The zero-order valence-corrected chi connectivity index (χ0v) is 14.0. The maximum Gasteiger partial charge on any atom is 0.226 e. The summed E-state index contributed by atoms with van der Waals surface area (Å²) in [5.41, 5.74) is 6.03. The van der Waals surface area contributed by atoms with Crippen molar-refractivity contribution >= 4 is 5.91 Å². The average molecular weight is 308 g/mol. The topological polar surface area (TPSA) is 55.6 Å². The number of ether oxygens (including phenoxy) is 1. The maximum atomic E-state index is 13.1. The summed E-state index contributed by atoms with van der Waals surface area (Å²) in [6.07, 6.45) is 10.2. The summed E-state index contributed by atoms with van der Waals surface area (Å²) < 4.78 is 5.81. The lowest BCUT2D eigenvalue weighted by atomic mass is 9.86. The minimum atomic E-state index is 0.163. The van der Waals surface area contributed by atoms with Crippen molar-refractivity contribution in [1.29, 1.82) is 0 Å². The Hall–Kier alpha value is -0.610. The molecule has 0 bridgehead atoms. The maximum absolute atomic E-state index is 13.1. The minimum Gasteiger partial charge on any atom is -0.376 e. The van der Waals surface area contributed by atoms with Gasteiger partial charge in [-0.3, -0.25) is 4.79 Å². The smallest absolute Gasteiger partial charge is 0.226 e. The molecule has 1 amide bonds. The molecule has 0 aromatic rings. The molecule has 2 saturated carbocycles. The summed E-state index contributed by atoms with van der Waals surface area (Å²) >= 11 is 0. The highest BCUT2D eigenvalue weighted by molar-refractivity contribution is 5.79. The van der Waals surface area contributed by atoms with Gasteiger partial charge in [0.1, 0.15) is 0 Å². The second-order valence-electron chi connectivity index (χ2n) is 7.81. The zero-order valence-electron chi connectivity index (χ0n) is 14.0. The molecule has 2 N–H and O–H groups in total. The molecule has 3 rings (SSSR count).